The predicted molar refractivity (Wildman–Crippen MR) is 114 cm³/mol. The van der Waals surface area contributed by atoms with Crippen LogP contribution >= 0.6 is 0 Å². The summed E-state index contributed by atoms with van der Waals surface area (Å²) in [4.78, 5) is 18.0. The quantitative estimate of drug-likeness (QED) is 0.552. The smallest absolute Gasteiger partial charge is 0.252 e. The number of benzene rings is 1. The molecule has 4 rings (SSSR count). The van der Waals surface area contributed by atoms with Gasteiger partial charge in [0.25, 0.3) is 5.91 Å². The molecule has 0 unspecified atom stereocenters. The molecule has 0 aliphatic carbocycles. The minimum Gasteiger partial charge on any atom is -0.497 e. The lowest BCUT2D eigenvalue weighted by molar-refractivity contribution is 0.0941. The topological polar surface area (TPSA) is 86.9 Å². The second kappa shape index (κ2) is 7.62. The highest BCUT2D eigenvalue weighted by molar-refractivity contribution is 6.06. The molecule has 0 aliphatic rings. The van der Waals surface area contributed by atoms with Crippen molar-refractivity contribution in [3.8, 4) is 17.0 Å². The largest absolute Gasteiger partial charge is 0.497 e. The molecule has 1 aromatic carbocycles. The van der Waals surface area contributed by atoms with E-state index in [0.29, 0.717) is 22.3 Å². The molecule has 0 aliphatic heterocycles. The number of aryl methyl sites for hydroxylation is 2. The molecular formula is C22H24N6O2. The van der Waals surface area contributed by atoms with Crippen molar-refractivity contribution in [1.29, 1.82) is 0 Å². The third-order valence-electron chi connectivity index (χ3n) is 5.42. The Morgan fingerprint density at radius 3 is 2.43 bits per heavy atom. The first-order valence-electron chi connectivity index (χ1n) is 9.65. The van der Waals surface area contributed by atoms with Crippen LogP contribution in [0.4, 0.5) is 0 Å². The van der Waals surface area contributed by atoms with E-state index in [1.165, 1.54) is 0 Å². The standard InChI is InChI=1S/C22H24N6O2/c1-13(18-11-23-27(3)14(18)2)25-22(29)17-10-20(15-6-8-16(30-5)9-7-15)26-21-19(17)12-24-28(21)4/h6-13H,1-5H3,(H,25,29)/t13-/m1/s1. The molecule has 154 valence electrons. The van der Waals surface area contributed by atoms with Crippen molar-refractivity contribution in [3.05, 3.63) is 59.5 Å². The lowest BCUT2D eigenvalue weighted by Gasteiger charge is -2.15. The van der Waals surface area contributed by atoms with Crippen molar-refractivity contribution in [3.63, 3.8) is 0 Å². The number of carbonyl (C=O) groups excluding carboxylic acids is 1. The molecule has 0 saturated heterocycles. The number of fused-ring (bicyclic) bond motifs is 1. The van der Waals surface area contributed by atoms with E-state index in [9.17, 15) is 4.79 Å². The van der Waals surface area contributed by atoms with Gasteiger partial charge in [-0.25, -0.2) is 4.98 Å². The zero-order valence-electron chi connectivity index (χ0n) is 17.7. The number of hydrogen-bond donors (Lipinski definition) is 1. The summed E-state index contributed by atoms with van der Waals surface area (Å²) < 4.78 is 8.71. The Hall–Kier alpha value is -3.68. The molecule has 8 nitrogen and oxygen atoms in total. The summed E-state index contributed by atoms with van der Waals surface area (Å²) in [7, 11) is 5.33. The Bertz CT molecular complexity index is 1220. The summed E-state index contributed by atoms with van der Waals surface area (Å²) in [6.45, 7) is 3.94. The number of pyridine rings is 1. The molecule has 4 aromatic rings. The lowest BCUT2D eigenvalue weighted by Crippen LogP contribution is -2.27. The fourth-order valence-electron chi connectivity index (χ4n) is 3.50. The number of rotatable bonds is 5. The SMILES string of the molecule is COc1ccc(-c2cc(C(=O)N[C@H](C)c3cnn(C)c3C)c3cnn(C)c3n2)cc1. The Labute approximate surface area is 174 Å². The highest BCUT2D eigenvalue weighted by Crippen LogP contribution is 2.27. The normalized spacial score (nSPS) is 12.2. The first-order chi connectivity index (χ1) is 14.4. The molecule has 30 heavy (non-hydrogen) atoms. The van der Waals surface area contributed by atoms with E-state index in [1.807, 2.05) is 58.3 Å². The van der Waals surface area contributed by atoms with Gasteiger partial charge >= 0.3 is 0 Å². The number of nitrogens with one attached hydrogen (secondary N) is 1. The van der Waals surface area contributed by atoms with Crippen LogP contribution in [0.2, 0.25) is 0 Å². The Kier molecular flexibility index (Phi) is 4.99. The van der Waals surface area contributed by atoms with Crippen molar-refractivity contribution in [2.24, 2.45) is 14.1 Å². The molecular weight excluding hydrogens is 380 g/mol. The lowest BCUT2D eigenvalue weighted by atomic mass is 10.0. The summed E-state index contributed by atoms with van der Waals surface area (Å²) in [6.07, 6.45) is 3.46. The number of nitrogens with zero attached hydrogens (tertiary/aromatic N) is 5. The van der Waals surface area contributed by atoms with E-state index < -0.39 is 0 Å². The van der Waals surface area contributed by atoms with E-state index >= 15 is 0 Å². The van der Waals surface area contributed by atoms with Gasteiger partial charge in [0.2, 0.25) is 0 Å². The van der Waals surface area contributed by atoms with Crippen LogP contribution in [0.3, 0.4) is 0 Å². The molecule has 3 aromatic heterocycles. The summed E-state index contributed by atoms with van der Waals surface area (Å²) in [6, 6.07) is 9.22. The van der Waals surface area contributed by atoms with Crippen LogP contribution in [-0.2, 0) is 14.1 Å². The zero-order chi connectivity index (χ0) is 21.4. The van der Waals surface area contributed by atoms with E-state index in [1.54, 1.807) is 28.9 Å². The number of hydrogen-bond acceptors (Lipinski definition) is 5. The van der Waals surface area contributed by atoms with Crippen LogP contribution in [0.5, 0.6) is 5.75 Å². The molecule has 3 heterocycles. The Morgan fingerprint density at radius 1 is 1.10 bits per heavy atom. The second-order valence-corrected chi connectivity index (χ2v) is 7.29. The van der Waals surface area contributed by atoms with Crippen molar-refractivity contribution in [1.82, 2.24) is 29.9 Å². The van der Waals surface area contributed by atoms with Crippen LogP contribution in [-0.4, -0.2) is 37.6 Å². The van der Waals surface area contributed by atoms with Gasteiger partial charge in [0.1, 0.15) is 5.75 Å². The van der Waals surface area contributed by atoms with Gasteiger partial charge in [-0.05, 0) is 44.2 Å². The average molecular weight is 404 g/mol. The number of carbonyl (C=O) groups is 1. The maximum absolute atomic E-state index is 13.2. The van der Waals surface area contributed by atoms with E-state index in [4.69, 9.17) is 9.72 Å². The van der Waals surface area contributed by atoms with Crippen molar-refractivity contribution >= 4 is 16.9 Å². The van der Waals surface area contributed by atoms with Gasteiger partial charge in [-0.15, -0.1) is 0 Å². The molecule has 0 bridgehead atoms. The molecule has 0 radical (unpaired) electrons. The number of amides is 1. The molecule has 1 N–H and O–H groups in total. The van der Waals surface area contributed by atoms with Crippen LogP contribution in [0.25, 0.3) is 22.3 Å². The van der Waals surface area contributed by atoms with Crippen LogP contribution < -0.4 is 10.1 Å². The summed E-state index contributed by atoms with van der Waals surface area (Å²) in [5, 5.41) is 12.4. The Morgan fingerprint density at radius 2 is 1.80 bits per heavy atom. The van der Waals surface area contributed by atoms with Crippen LogP contribution in [0, 0.1) is 6.92 Å². The molecule has 0 saturated carbocycles. The highest BCUT2D eigenvalue weighted by atomic mass is 16.5. The Balaban J connectivity index is 1.73. The van der Waals surface area contributed by atoms with Gasteiger partial charge < -0.3 is 10.1 Å². The highest BCUT2D eigenvalue weighted by Gasteiger charge is 2.20. The van der Waals surface area contributed by atoms with Gasteiger partial charge in [-0.2, -0.15) is 10.2 Å². The van der Waals surface area contributed by atoms with Crippen molar-refractivity contribution in [2.75, 3.05) is 7.11 Å². The van der Waals surface area contributed by atoms with Crippen LogP contribution in [0.1, 0.15) is 34.6 Å². The van der Waals surface area contributed by atoms with Crippen LogP contribution in [0.15, 0.2) is 42.7 Å². The summed E-state index contributed by atoms with van der Waals surface area (Å²) in [5.74, 6) is 0.583. The first-order valence-corrected chi connectivity index (χ1v) is 9.65. The maximum atomic E-state index is 13.2. The second-order valence-electron chi connectivity index (χ2n) is 7.29. The molecule has 1 amide bonds. The van der Waals surface area contributed by atoms with Gasteiger partial charge in [0, 0.05) is 30.9 Å². The van der Waals surface area contributed by atoms with Crippen molar-refractivity contribution in [2.45, 2.75) is 19.9 Å². The van der Waals surface area contributed by atoms with Gasteiger partial charge in [-0.1, -0.05) is 0 Å². The average Bonchev–Trinajstić information content (AvgIpc) is 3.29. The minimum absolute atomic E-state index is 0.180. The van der Waals surface area contributed by atoms with E-state index in [-0.39, 0.29) is 11.9 Å². The third-order valence-corrected chi connectivity index (χ3v) is 5.42. The molecule has 0 fully saturated rings. The minimum atomic E-state index is -0.185. The van der Waals surface area contributed by atoms with Crippen molar-refractivity contribution < 1.29 is 9.53 Å². The monoisotopic (exact) mass is 404 g/mol. The summed E-state index contributed by atoms with van der Waals surface area (Å²) in [5.41, 5.74) is 4.78. The number of methoxy groups -OCH3 is 1. The van der Waals surface area contributed by atoms with Gasteiger partial charge in [0.15, 0.2) is 5.65 Å². The van der Waals surface area contributed by atoms with E-state index in [0.717, 1.165) is 22.6 Å². The molecule has 1 atom stereocenters. The van der Waals surface area contributed by atoms with Gasteiger partial charge in [-0.3, -0.25) is 14.2 Å². The molecule has 0 spiro atoms. The fourth-order valence-corrected chi connectivity index (χ4v) is 3.50. The molecule has 8 heteroatoms. The third kappa shape index (κ3) is 3.41. The fraction of sp³-hybridized carbons (Fsp3) is 0.273. The summed E-state index contributed by atoms with van der Waals surface area (Å²) >= 11 is 0. The number of ether oxygens (including phenoxy) is 1. The first kappa shape index (κ1) is 19.6. The van der Waals surface area contributed by atoms with Gasteiger partial charge in [0.05, 0.1) is 42.2 Å². The number of aromatic nitrogens is 5. The maximum Gasteiger partial charge on any atom is 0.252 e. The van der Waals surface area contributed by atoms with E-state index in [2.05, 4.69) is 15.5 Å². The zero-order valence-corrected chi connectivity index (χ0v) is 17.7. The predicted octanol–water partition coefficient (Wildman–Crippen LogP) is 3.18.